The second kappa shape index (κ2) is 19.6. The number of aromatic nitrogens is 6. The molecule has 4 aromatic heterocycles. The van der Waals surface area contributed by atoms with Crippen LogP contribution in [0.15, 0.2) is 303 Å². The normalized spacial score (nSPS) is 11.5. The topological polar surface area (TPSA) is 45.5 Å². The largest absolute Gasteiger partial charge is 0.309 e. The molecule has 0 unspecified atom stereocenters. The molecule has 0 radical (unpaired) electrons. The van der Waals surface area contributed by atoms with E-state index in [-0.39, 0.29) is 0 Å². The molecule has 0 saturated carbocycles. The lowest BCUT2D eigenvalue weighted by Crippen LogP contribution is -1.97. The molecule has 16 aromatic rings. The van der Waals surface area contributed by atoms with Gasteiger partial charge in [-0.3, -0.25) is 9.13 Å². The Morgan fingerprint density at radius 1 is 0.188 bits per heavy atom. The summed E-state index contributed by atoms with van der Waals surface area (Å²) in [6.45, 7) is 0. The second-order valence-corrected chi connectivity index (χ2v) is 20.2. The molecule has 0 amide bonds. The minimum absolute atomic E-state index is 0.943. The lowest BCUT2D eigenvalue weighted by Gasteiger charge is -2.12. The van der Waals surface area contributed by atoms with Crippen molar-refractivity contribution in [1.29, 1.82) is 0 Å². The van der Waals surface area contributed by atoms with Gasteiger partial charge in [0.2, 0.25) is 0 Å². The summed E-state index contributed by atoms with van der Waals surface area (Å²) in [5.41, 5.74) is 20.5. The highest BCUT2D eigenvalue weighted by atomic mass is 15.1. The highest BCUT2D eigenvalue weighted by Crippen LogP contribution is 2.38. The van der Waals surface area contributed by atoms with Gasteiger partial charge >= 0.3 is 0 Å². The molecule has 0 bridgehead atoms. The first-order valence-electron chi connectivity index (χ1n) is 27.1. The Morgan fingerprint density at radius 2 is 0.512 bits per heavy atom. The maximum absolute atomic E-state index is 5.03. The van der Waals surface area contributed by atoms with E-state index in [1.54, 1.807) is 0 Å². The fourth-order valence-corrected chi connectivity index (χ4v) is 11.8. The number of nitrogens with zero attached hydrogens (tertiary/aromatic N) is 6. The van der Waals surface area contributed by atoms with Crippen LogP contribution >= 0.6 is 0 Å². The van der Waals surface area contributed by atoms with Gasteiger partial charge in [0.05, 0.1) is 44.1 Å². The van der Waals surface area contributed by atoms with E-state index >= 15 is 0 Å². The SMILES string of the molecule is c1ccc(-n2c(-c3ccc(-c4ccc5c6ccccc6n(-c6ccccc6)c5c4)cc3)nc3ccccc32)cc1.c1ccc(-n2c(-c3ccc(-c4cccc(-n5c6ccccc6c6ccccc65)c4)cc3)nc3ccccc32)cc1. The van der Waals surface area contributed by atoms with Gasteiger partial charge in [0.25, 0.3) is 0 Å². The van der Waals surface area contributed by atoms with Crippen molar-refractivity contribution in [1.82, 2.24) is 28.2 Å². The molecule has 376 valence electrons. The fourth-order valence-electron chi connectivity index (χ4n) is 11.8. The van der Waals surface area contributed by atoms with Crippen molar-refractivity contribution >= 4 is 65.7 Å². The van der Waals surface area contributed by atoms with Crippen LogP contribution in [0.1, 0.15) is 0 Å². The van der Waals surface area contributed by atoms with Crippen LogP contribution in [0.3, 0.4) is 0 Å². The molecule has 0 aliphatic heterocycles. The molecule has 0 spiro atoms. The molecular formula is C74H50N6. The summed E-state index contributed by atoms with van der Waals surface area (Å²) in [4.78, 5) is 10.1. The molecule has 0 aliphatic carbocycles. The Kier molecular flexibility index (Phi) is 11.4. The molecule has 0 fully saturated rings. The van der Waals surface area contributed by atoms with Crippen molar-refractivity contribution in [3.8, 4) is 67.8 Å². The van der Waals surface area contributed by atoms with Crippen LogP contribution < -0.4 is 0 Å². The highest BCUT2D eigenvalue weighted by molar-refractivity contribution is 6.11. The van der Waals surface area contributed by atoms with Crippen molar-refractivity contribution in [2.75, 3.05) is 0 Å². The van der Waals surface area contributed by atoms with Crippen molar-refractivity contribution in [3.05, 3.63) is 303 Å². The quantitative estimate of drug-likeness (QED) is 0.152. The monoisotopic (exact) mass is 1020 g/mol. The van der Waals surface area contributed by atoms with Crippen molar-refractivity contribution in [2.45, 2.75) is 0 Å². The van der Waals surface area contributed by atoms with Crippen LogP contribution in [0.2, 0.25) is 0 Å². The molecule has 12 aromatic carbocycles. The minimum Gasteiger partial charge on any atom is -0.309 e. The predicted octanol–water partition coefficient (Wildman–Crippen LogP) is 18.9. The van der Waals surface area contributed by atoms with Gasteiger partial charge in [-0.1, -0.05) is 206 Å². The Balaban J connectivity index is 0.000000138. The first-order valence-corrected chi connectivity index (χ1v) is 27.1. The zero-order valence-corrected chi connectivity index (χ0v) is 43.6. The van der Waals surface area contributed by atoms with Crippen LogP contribution in [0, 0.1) is 0 Å². The lowest BCUT2D eigenvalue weighted by atomic mass is 10.0. The zero-order chi connectivity index (χ0) is 52.9. The summed E-state index contributed by atoms with van der Waals surface area (Å²) >= 11 is 0. The molecule has 4 heterocycles. The zero-order valence-electron chi connectivity index (χ0n) is 43.6. The van der Waals surface area contributed by atoms with E-state index in [9.17, 15) is 0 Å². The predicted molar refractivity (Wildman–Crippen MR) is 333 cm³/mol. The summed E-state index contributed by atoms with van der Waals surface area (Å²) in [7, 11) is 0. The summed E-state index contributed by atoms with van der Waals surface area (Å²) in [6, 6.07) is 107. The van der Waals surface area contributed by atoms with E-state index in [2.05, 4.69) is 297 Å². The molecular weight excluding hydrogens is 973 g/mol. The van der Waals surface area contributed by atoms with Crippen LogP contribution in [0.4, 0.5) is 0 Å². The fraction of sp³-hybridized carbons (Fsp3) is 0. The maximum Gasteiger partial charge on any atom is 0.145 e. The van der Waals surface area contributed by atoms with Crippen molar-refractivity contribution in [3.63, 3.8) is 0 Å². The van der Waals surface area contributed by atoms with Gasteiger partial charge in [0.1, 0.15) is 11.6 Å². The van der Waals surface area contributed by atoms with E-state index in [0.29, 0.717) is 0 Å². The van der Waals surface area contributed by atoms with Crippen LogP contribution in [-0.4, -0.2) is 28.2 Å². The van der Waals surface area contributed by atoms with Gasteiger partial charge in [-0.2, -0.15) is 0 Å². The maximum atomic E-state index is 5.03. The molecule has 6 nitrogen and oxygen atoms in total. The number of imidazole rings is 2. The lowest BCUT2D eigenvalue weighted by molar-refractivity contribution is 1.10. The summed E-state index contributed by atoms with van der Waals surface area (Å²) in [5.74, 6) is 1.89. The highest BCUT2D eigenvalue weighted by Gasteiger charge is 2.18. The third kappa shape index (κ3) is 8.05. The standard InChI is InChI=1S/2C37H25N3/c1-3-11-29(12-4-1)39-34-17-9-7-15-31(34)32-24-23-28(25-36(32)39)26-19-21-27(22-20-26)37-38-33-16-8-10-18-35(33)40(37)30-13-5-2-6-14-30;1-2-12-29(13-3-1)40-36-20-9-6-17-33(36)38-37(40)27-23-21-26(22-24-27)28-11-10-14-30(25-28)39-34-18-7-4-15-31(34)32-16-5-8-19-35(32)39/h2*1-25H. The Labute approximate surface area is 462 Å². The minimum atomic E-state index is 0.943. The van der Waals surface area contributed by atoms with E-state index < -0.39 is 0 Å². The summed E-state index contributed by atoms with van der Waals surface area (Å²) < 4.78 is 9.22. The number of hydrogen-bond donors (Lipinski definition) is 0. The van der Waals surface area contributed by atoms with E-state index in [4.69, 9.17) is 9.97 Å². The average Bonchev–Trinajstić information content (AvgIpc) is 4.36. The van der Waals surface area contributed by atoms with Crippen LogP contribution in [0.25, 0.3) is 133 Å². The molecule has 16 rings (SSSR count). The van der Waals surface area contributed by atoms with Crippen LogP contribution in [-0.2, 0) is 0 Å². The molecule has 80 heavy (non-hydrogen) atoms. The van der Waals surface area contributed by atoms with Gasteiger partial charge in [-0.15, -0.1) is 0 Å². The Hall–Kier alpha value is -10.8. The smallest absolute Gasteiger partial charge is 0.145 e. The Bertz CT molecular complexity index is 4860. The van der Waals surface area contributed by atoms with Crippen LogP contribution in [0.5, 0.6) is 0 Å². The first kappa shape index (κ1) is 46.5. The molecule has 0 N–H and O–H groups in total. The van der Waals surface area contributed by atoms with Gasteiger partial charge in [-0.05, 0) is 119 Å². The van der Waals surface area contributed by atoms with E-state index in [0.717, 1.165) is 61.9 Å². The number of hydrogen-bond acceptors (Lipinski definition) is 2. The third-order valence-electron chi connectivity index (χ3n) is 15.5. The van der Waals surface area contributed by atoms with Crippen molar-refractivity contribution in [2.24, 2.45) is 0 Å². The van der Waals surface area contributed by atoms with Gasteiger partial charge in [0, 0.05) is 55.4 Å². The number of rotatable bonds is 8. The van der Waals surface area contributed by atoms with Gasteiger partial charge in [-0.25, -0.2) is 9.97 Å². The number of para-hydroxylation sites is 10. The number of benzene rings is 12. The number of fused-ring (bicyclic) bond motifs is 8. The molecule has 0 atom stereocenters. The second-order valence-electron chi connectivity index (χ2n) is 20.2. The van der Waals surface area contributed by atoms with Gasteiger partial charge in [0.15, 0.2) is 0 Å². The van der Waals surface area contributed by atoms with Crippen molar-refractivity contribution < 1.29 is 0 Å². The third-order valence-corrected chi connectivity index (χ3v) is 15.5. The summed E-state index contributed by atoms with van der Waals surface area (Å²) in [6.07, 6.45) is 0. The average molecular weight is 1020 g/mol. The van der Waals surface area contributed by atoms with E-state index in [1.807, 2.05) is 24.3 Å². The molecule has 0 saturated heterocycles. The molecule has 0 aliphatic rings. The molecule has 6 heteroatoms. The van der Waals surface area contributed by atoms with E-state index in [1.165, 1.54) is 71.6 Å². The Morgan fingerprint density at radius 3 is 0.975 bits per heavy atom. The van der Waals surface area contributed by atoms with Gasteiger partial charge < -0.3 is 9.13 Å². The first-order chi connectivity index (χ1) is 39.7. The summed E-state index contributed by atoms with van der Waals surface area (Å²) in [5, 5.41) is 5.07.